The van der Waals surface area contributed by atoms with Crippen molar-refractivity contribution in [3.8, 4) is 0 Å². The Morgan fingerprint density at radius 2 is 2.05 bits per heavy atom. The van der Waals surface area contributed by atoms with Crippen molar-refractivity contribution in [1.82, 2.24) is 5.43 Å². The van der Waals surface area contributed by atoms with Gasteiger partial charge in [-0.3, -0.25) is 15.6 Å². The van der Waals surface area contributed by atoms with E-state index in [9.17, 15) is 4.79 Å². The molecule has 6 nitrogen and oxygen atoms in total. The maximum Gasteiger partial charge on any atom is 0.325 e. The van der Waals surface area contributed by atoms with Gasteiger partial charge in [0.2, 0.25) is 0 Å². The molecule has 0 atom stereocenters. The molecule has 104 valence electrons. The Kier molecular flexibility index (Phi) is 5.87. The van der Waals surface area contributed by atoms with E-state index in [1.165, 1.54) is 0 Å². The number of hydrogen-bond acceptors (Lipinski definition) is 5. The van der Waals surface area contributed by atoms with Gasteiger partial charge < -0.3 is 15.4 Å². The number of hydrogen-bond donors (Lipinski definition) is 3. The van der Waals surface area contributed by atoms with Gasteiger partial charge >= 0.3 is 5.97 Å². The van der Waals surface area contributed by atoms with Crippen LogP contribution in [0.4, 0.5) is 11.4 Å². The maximum atomic E-state index is 11.4. The minimum absolute atomic E-state index is 0.170. The Morgan fingerprint density at radius 3 is 2.58 bits per heavy atom. The zero-order valence-electron chi connectivity index (χ0n) is 11.0. The van der Waals surface area contributed by atoms with E-state index in [2.05, 4.69) is 23.1 Å². The number of nitrogens with zero attached hydrogens (tertiary/aromatic N) is 1. The predicted molar refractivity (Wildman–Crippen MR) is 79.9 cm³/mol. The molecule has 0 aliphatic carbocycles. The quantitative estimate of drug-likeness (QED) is 0.405. The molecule has 0 unspecified atom stereocenters. The standard InChI is InChI=1S/C12H18N4O2S/c1-3-18-11(17)8-16(2)10-6-4-9(5-7-10)14-15-12(13)19/h4-7,14H,3,8H2,1-2H3,(H3,13,15,19). The smallest absolute Gasteiger partial charge is 0.325 e. The number of hydrazine groups is 1. The fraction of sp³-hybridized carbons (Fsp3) is 0.333. The molecular formula is C12H18N4O2S. The van der Waals surface area contributed by atoms with Gasteiger partial charge in [-0.1, -0.05) is 0 Å². The van der Waals surface area contributed by atoms with Crippen molar-refractivity contribution < 1.29 is 9.53 Å². The van der Waals surface area contributed by atoms with Gasteiger partial charge in [0, 0.05) is 12.7 Å². The fourth-order valence-corrected chi connectivity index (χ4v) is 1.48. The number of anilines is 2. The summed E-state index contributed by atoms with van der Waals surface area (Å²) in [5, 5.41) is 0.170. The van der Waals surface area contributed by atoms with E-state index in [1.54, 1.807) is 6.92 Å². The van der Waals surface area contributed by atoms with Crippen molar-refractivity contribution in [3.05, 3.63) is 24.3 Å². The van der Waals surface area contributed by atoms with Crippen LogP contribution in [0.5, 0.6) is 0 Å². The molecule has 0 aromatic heterocycles. The van der Waals surface area contributed by atoms with Crippen LogP contribution < -0.4 is 21.5 Å². The summed E-state index contributed by atoms with van der Waals surface area (Å²) in [6, 6.07) is 7.45. The minimum atomic E-state index is -0.248. The SMILES string of the molecule is CCOC(=O)CN(C)c1ccc(NNC(N)=S)cc1. The molecule has 0 bridgehead atoms. The van der Waals surface area contributed by atoms with Crippen LogP contribution in [0.2, 0.25) is 0 Å². The van der Waals surface area contributed by atoms with E-state index in [0.717, 1.165) is 11.4 Å². The molecule has 0 saturated carbocycles. The summed E-state index contributed by atoms with van der Waals surface area (Å²) in [6.07, 6.45) is 0. The van der Waals surface area contributed by atoms with Crippen molar-refractivity contribution in [1.29, 1.82) is 0 Å². The molecular weight excluding hydrogens is 264 g/mol. The maximum absolute atomic E-state index is 11.4. The second-order valence-electron chi connectivity index (χ2n) is 3.82. The van der Waals surface area contributed by atoms with Gasteiger partial charge in [-0.15, -0.1) is 0 Å². The highest BCUT2D eigenvalue weighted by atomic mass is 32.1. The average Bonchev–Trinajstić information content (AvgIpc) is 2.37. The van der Waals surface area contributed by atoms with E-state index in [0.29, 0.717) is 6.61 Å². The molecule has 4 N–H and O–H groups in total. The monoisotopic (exact) mass is 282 g/mol. The molecule has 1 aromatic rings. The second kappa shape index (κ2) is 7.42. The number of ether oxygens (including phenoxy) is 1. The molecule has 0 saturated heterocycles. The first-order chi connectivity index (χ1) is 9.02. The van der Waals surface area contributed by atoms with Crippen LogP contribution in [-0.2, 0) is 9.53 Å². The predicted octanol–water partition coefficient (Wildman–Crippen LogP) is 0.846. The molecule has 19 heavy (non-hydrogen) atoms. The van der Waals surface area contributed by atoms with Crippen LogP contribution in [0.15, 0.2) is 24.3 Å². The fourth-order valence-electron chi connectivity index (χ4n) is 1.42. The Bertz CT molecular complexity index is 436. The zero-order chi connectivity index (χ0) is 14.3. The molecule has 1 aromatic carbocycles. The van der Waals surface area contributed by atoms with Crippen LogP contribution in [0, 0.1) is 0 Å². The summed E-state index contributed by atoms with van der Waals surface area (Å²) < 4.78 is 4.89. The first-order valence-electron chi connectivity index (χ1n) is 5.81. The molecule has 0 amide bonds. The number of nitrogens with one attached hydrogen (secondary N) is 2. The number of rotatable bonds is 6. The number of benzene rings is 1. The highest BCUT2D eigenvalue weighted by Crippen LogP contribution is 2.16. The molecule has 0 radical (unpaired) electrons. The molecule has 1 rings (SSSR count). The lowest BCUT2D eigenvalue weighted by molar-refractivity contribution is -0.141. The lowest BCUT2D eigenvalue weighted by Crippen LogP contribution is -2.33. The van der Waals surface area contributed by atoms with Gasteiger partial charge in [0.15, 0.2) is 5.11 Å². The summed E-state index contributed by atoms with van der Waals surface area (Å²) in [4.78, 5) is 13.2. The van der Waals surface area contributed by atoms with Crippen LogP contribution >= 0.6 is 12.2 Å². The summed E-state index contributed by atoms with van der Waals surface area (Å²) in [7, 11) is 1.83. The zero-order valence-corrected chi connectivity index (χ0v) is 11.8. The molecule has 0 heterocycles. The van der Waals surface area contributed by atoms with Gasteiger partial charge in [0.25, 0.3) is 0 Å². The molecule has 0 aliphatic heterocycles. The number of thiocarbonyl (C=S) groups is 1. The van der Waals surface area contributed by atoms with Gasteiger partial charge in [-0.2, -0.15) is 0 Å². The van der Waals surface area contributed by atoms with Crippen molar-refractivity contribution in [3.63, 3.8) is 0 Å². The average molecular weight is 282 g/mol. The summed E-state index contributed by atoms with van der Waals surface area (Å²) >= 11 is 4.68. The lowest BCUT2D eigenvalue weighted by Gasteiger charge is -2.18. The number of carbonyl (C=O) groups is 1. The number of likely N-dealkylation sites (N-methyl/N-ethyl adjacent to an activating group) is 1. The second-order valence-corrected chi connectivity index (χ2v) is 4.26. The van der Waals surface area contributed by atoms with Crippen molar-refractivity contribution >= 4 is 34.7 Å². The topological polar surface area (TPSA) is 79.6 Å². The Morgan fingerprint density at radius 1 is 1.42 bits per heavy atom. The van der Waals surface area contributed by atoms with Crippen LogP contribution in [0.1, 0.15) is 6.92 Å². The van der Waals surface area contributed by atoms with Gasteiger partial charge in [0.05, 0.1) is 12.3 Å². The molecule has 7 heteroatoms. The van der Waals surface area contributed by atoms with Crippen LogP contribution in [-0.4, -0.2) is 31.3 Å². The lowest BCUT2D eigenvalue weighted by atomic mass is 10.2. The van der Waals surface area contributed by atoms with E-state index < -0.39 is 0 Å². The van der Waals surface area contributed by atoms with Gasteiger partial charge in [-0.05, 0) is 43.4 Å². The third kappa shape index (κ3) is 5.43. The molecule has 0 aliphatic rings. The van der Waals surface area contributed by atoms with Crippen molar-refractivity contribution in [2.75, 3.05) is 30.5 Å². The first kappa shape index (κ1) is 15.0. The van der Waals surface area contributed by atoms with Gasteiger partial charge in [0.1, 0.15) is 6.54 Å². The Labute approximate surface area is 117 Å². The minimum Gasteiger partial charge on any atom is -0.465 e. The Hall–Kier alpha value is -2.02. The largest absolute Gasteiger partial charge is 0.465 e. The first-order valence-corrected chi connectivity index (χ1v) is 6.22. The van der Waals surface area contributed by atoms with Crippen LogP contribution in [0.25, 0.3) is 0 Å². The van der Waals surface area contributed by atoms with E-state index in [4.69, 9.17) is 10.5 Å². The third-order valence-corrected chi connectivity index (χ3v) is 2.41. The normalized spacial score (nSPS) is 9.58. The summed E-state index contributed by atoms with van der Waals surface area (Å²) in [5.41, 5.74) is 12.5. The van der Waals surface area contributed by atoms with Gasteiger partial charge in [-0.25, -0.2) is 0 Å². The van der Waals surface area contributed by atoms with Crippen LogP contribution in [0.3, 0.4) is 0 Å². The molecule has 0 spiro atoms. The number of carbonyl (C=O) groups excluding carboxylic acids is 1. The van der Waals surface area contributed by atoms with Crippen molar-refractivity contribution in [2.45, 2.75) is 6.92 Å². The van der Waals surface area contributed by atoms with E-state index in [1.807, 2.05) is 36.2 Å². The highest BCUT2D eigenvalue weighted by Gasteiger charge is 2.07. The van der Waals surface area contributed by atoms with E-state index in [-0.39, 0.29) is 17.6 Å². The summed E-state index contributed by atoms with van der Waals surface area (Å²) in [6.45, 7) is 2.39. The number of nitrogens with two attached hydrogens (primary N) is 1. The van der Waals surface area contributed by atoms with Crippen molar-refractivity contribution in [2.24, 2.45) is 5.73 Å². The summed E-state index contributed by atoms with van der Waals surface area (Å²) in [5.74, 6) is -0.248. The molecule has 0 fully saturated rings. The van der Waals surface area contributed by atoms with E-state index >= 15 is 0 Å². The number of esters is 1. The highest BCUT2D eigenvalue weighted by molar-refractivity contribution is 7.80. The third-order valence-electron chi connectivity index (χ3n) is 2.31. The Balaban J connectivity index is 2.55.